The summed E-state index contributed by atoms with van der Waals surface area (Å²) in [7, 11) is -0.00217. The molecule has 0 atom stereocenters. The Morgan fingerprint density at radius 3 is 2.38 bits per heavy atom. The van der Waals surface area contributed by atoms with Crippen LogP contribution in [0.15, 0.2) is 17.2 Å². The lowest BCUT2D eigenvalue weighted by atomic mass is 10.1. The molecule has 2 N–H and O–H groups in total. The molecule has 1 aromatic heterocycles. The topological polar surface area (TPSA) is 91.6 Å². The molecule has 0 bridgehead atoms. The van der Waals surface area contributed by atoms with Gasteiger partial charge in [-0.2, -0.15) is 0 Å². The van der Waals surface area contributed by atoms with Crippen molar-refractivity contribution in [1.29, 1.82) is 0 Å². The third kappa shape index (κ3) is 4.05. The van der Waals surface area contributed by atoms with Gasteiger partial charge in [0.15, 0.2) is 0 Å². The van der Waals surface area contributed by atoms with Gasteiger partial charge in [-0.1, -0.05) is 0 Å². The van der Waals surface area contributed by atoms with E-state index in [9.17, 15) is 13.2 Å². The number of nitrogens with zero attached hydrogens (tertiary/aromatic N) is 2. The predicted octanol–water partition coefficient (Wildman–Crippen LogP) is 0.825. The van der Waals surface area contributed by atoms with Gasteiger partial charge >= 0.3 is 5.97 Å². The van der Waals surface area contributed by atoms with Gasteiger partial charge in [-0.3, -0.25) is 0 Å². The van der Waals surface area contributed by atoms with Crippen LogP contribution in [0.5, 0.6) is 0 Å². The lowest BCUT2D eigenvalue weighted by Gasteiger charge is -2.32. The number of hydrogen-bond acceptors (Lipinski definition) is 4. The molecule has 8 heteroatoms. The summed E-state index contributed by atoms with van der Waals surface area (Å²) >= 11 is 0. The van der Waals surface area contributed by atoms with E-state index in [1.54, 1.807) is 6.92 Å². The molecular formula is C13H23N3O4S. The summed E-state index contributed by atoms with van der Waals surface area (Å²) < 4.78 is 28.5. The second-order valence-corrected chi connectivity index (χ2v) is 7.45. The van der Waals surface area contributed by atoms with Crippen LogP contribution in [-0.4, -0.2) is 55.1 Å². The molecule has 0 fully saturated rings. The fraction of sp³-hybridized carbons (Fsp3) is 0.615. The summed E-state index contributed by atoms with van der Waals surface area (Å²) in [5.41, 5.74) is -0.388. The number of rotatable bonds is 7. The minimum Gasteiger partial charge on any atom is -0.477 e. The summed E-state index contributed by atoms with van der Waals surface area (Å²) in [5.74, 6) is -1.15. The Labute approximate surface area is 125 Å². The molecule has 0 saturated heterocycles. The van der Waals surface area contributed by atoms with E-state index < -0.39 is 16.0 Å². The number of sulfonamides is 1. The minimum atomic E-state index is -3.73. The first-order valence-electron chi connectivity index (χ1n) is 6.62. The first-order chi connectivity index (χ1) is 9.51. The van der Waals surface area contributed by atoms with Gasteiger partial charge in [-0.05, 0) is 40.9 Å². The van der Waals surface area contributed by atoms with Crippen molar-refractivity contribution < 1.29 is 18.3 Å². The van der Waals surface area contributed by atoms with E-state index in [0.717, 1.165) is 0 Å². The van der Waals surface area contributed by atoms with Gasteiger partial charge in [0.25, 0.3) is 0 Å². The highest BCUT2D eigenvalue weighted by Crippen LogP contribution is 2.16. The highest BCUT2D eigenvalue weighted by atomic mass is 32.2. The normalized spacial score (nSPS) is 12.9. The average Bonchev–Trinajstić information content (AvgIpc) is 2.81. The molecule has 7 nitrogen and oxygen atoms in total. The zero-order valence-electron chi connectivity index (χ0n) is 13.0. The molecule has 0 aliphatic carbocycles. The fourth-order valence-electron chi connectivity index (χ4n) is 1.58. The summed E-state index contributed by atoms with van der Waals surface area (Å²) in [5, 5.41) is 9.07. The van der Waals surface area contributed by atoms with Gasteiger partial charge in [0, 0.05) is 24.8 Å². The predicted molar refractivity (Wildman–Crippen MR) is 80.0 cm³/mol. The first-order valence-corrected chi connectivity index (χ1v) is 8.10. The van der Waals surface area contributed by atoms with Gasteiger partial charge in [-0.25, -0.2) is 17.9 Å². The Bertz CT molecular complexity index is 617. The Balaban J connectivity index is 3.01. The van der Waals surface area contributed by atoms with Crippen LogP contribution in [0.2, 0.25) is 0 Å². The molecule has 0 saturated carbocycles. The van der Waals surface area contributed by atoms with E-state index in [4.69, 9.17) is 5.11 Å². The molecule has 0 unspecified atom stereocenters. The summed E-state index contributed by atoms with van der Waals surface area (Å²) in [6.07, 6.45) is 1.34. The molecule has 120 valence electrons. The molecule has 1 heterocycles. The maximum absolute atomic E-state index is 12.3. The summed E-state index contributed by atoms with van der Waals surface area (Å²) in [4.78, 5) is 13.0. The zero-order valence-corrected chi connectivity index (χ0v) is 13.9. The summed E-state index contributed by atoms with van der Waals surface area (Å²) in [6.45, 7) is 6.19. The van der Waals surface area contributed by atoms with Gasteiger partial charge in [0.05, 0.1) is 0 Å². The van der Waals surface area contributed by atoms with E-state index in [2.05, 4.69) is 4.72 Å². The largest absolute Gasteiger partial charge is 0.477 e. The number of carboxylic acid groups (broad SMARTS) is 1. The maximum Gasteiger partial charge on any atom is 0.352 e. The monoisotopic (exact) mass is 317 g/mol. The second kappa shape index (κ2) is 6.17. The molecule has 1 aromatic rings. The van der Waals surface area contributed by atoms with Gasteiger partial charge < -0.3 is 14.6 Å². The lowest BCUT2D eigenvalue weighted by molar-refractivity contribution is 0.0685. The smallest absolute Gasteiger partial charge is 0.352 e. The van der Waals surface area contributed by atoms with E-state index in [-0.39, 0.29) is 22.7 Å². The van der Waals surface area contributed by atoms with E-state index in [0.29, 0.717) is 6.54 Å². The Morgan fingerprint density at radius 1 is 1.43 bits per heavy atom. The van der Waals surface area contributed by atoms with Crippen LogP contribution in [0.1, 0.15) is 31.3 Å². The van der Waals surface area contributed by atoms with Crippen LogP contribution in [-0.2, 0) is 16.6 Å². The molecule has 0 aromatic carbocycles. The van der Waals surface area contributed by atoms with Crippen molar-refractivity contribution in [3.05, 3.63) is 18.0 Å². The first kappa shape index (κ1) is 17.7. The van der Waals surface area contributed by atoms with Gasteiger partial charge in [-0.15, -0.1) is 0 Å². The van der Waals surface area contributed by atoms with Crippen molar-refractivity contribution >= 4 is 16.0 Å². The fourth-order valence-corrected chi connectivity index (χ4v) is 2.83. The van der Waals surface area contributed by atoms with Crippen LogP contribution >= 0.6 is 0 Å². The molecule has 0 aliphatic rings. The lowest BCUT2D eigenvalue weighted by Crippen LogP contribution is -2.48. The van der Waals surface area contributed by atoms with Crippen LogP contribution in [0.25, 0.3) is 0 Å². The highest BCUT2D eigenvalue weighted by molar-refractivity contribution is 7.89. The Kier molecular flexibility index (Phi) is 5.19. The maximum atomic E-state index is 12.3. The number of carbonyl (C=O) groups is 1. The third-order valence-corrected chi connectivity index (χ3v) is 5.02. The standard InChI is InChI=1S/C13H23N3O4S/c1-6-16-8-10(7-11(16)12(17)18)21(19,20)14-9-13(2,3)15(4)5/h7-8,14H,6,9H2,1-5H3,(H,17,18). The Hall–Kier alpha value is -1.38. The minimum absolute atomic E-state index is 0.0312. The number of carboxylic acids is 1. The molecule has 0 radical (unpaired) electrons. The number of likely N-dealkylation sites (N-methyl/N-ethyl adjacent to an activating group) is 1. The SMILES string of the molecule is CCn1cc(S(=O)(=O)NCC(C)(C)N(C)C)cc1C(=O)O. The van der Waals surface area contributed by atoms with Crippen molar-refractivity contribution in [2.75, 3.05) is 20.6 Å². The molecule has 0 spiro atoms. The van der Waals surface area contributed by atoms with E-state index in [1.807, 2.05) is 32.8 Å². The van der Waals surface area contributed by atoms with Crippen LogP contribution < -0.4 is 4.72 Å². The second-order valence-electron chi connectivity index (χ2n) is 5.68. The van der Waals surface area contributed by atoms with E-state index >= 15 is 0 Å². The van der Waals surface area contributed by atoms with Crippen molar-refractivity contribution in [2.45, 2.75) is 37.8 Å². The molecule has 0 aliphatic heterocycles. The number of hydrogen-bond donors (Lipinski definition) is 2. The third-order valence-electron chi connectivity index (χ3n) is 3.65. The van der Waals surface area contributed by atoms with Crippen molar-refractivity contribution in [3.8, 4) is 0 Å². The Morgan fingerprint density at radius 2 is 2.00 bits per heavy atom. The molecule has 1 rings (SSSR count). The quantitative estimate of drug-likeness (QED) is 0.777. The molecular weight excluding hydrogens is 294 g/mol. The van der Waals surface area contributed by atoms with Crippen LogP contribution in [0.4, 0.5) is 0 Å². The van der Waals surface area contributed by atoms with Crippen molar-refractivity contribution in [2.24, 2.45) is 0 Å². The number of nitrogens with one attached hydrogen (secondary N) is 1. The van der Waals surface area contributed by atoms with Crippen LogP contribution in [0.3, 0.4) is 0 Å². The highest BCUT2D eigenvalue weighted by Gasteiger charge is 2.26. The molecule has 0 amide bonds. The number of aromatic nitrogens is 1. The average molecular weight is 317 g/mol. The van der Waals surface area contributed by atoms with Crippen LogP contribution in [0, 0.1) is 0 Å². The number of aromatic carboxylic acids is 1. The van der Waals surface area contributed by atoms with Crippen molar-refractivity contribution in [1.82, 2.24) is 14.2 Å². The van der Waals surface area contributed by atoms with Gasteiger partial charge in [0.2, 0.25) is 10.0 Å². The summed E-state index contributed by atoms with van der Waals surface area (Å²) in [6, 6.07) is 1.18. The zero-order chi connectivity index (χ0) is 16.4. The van der Waals surface area contributed by atoms with E-state index in [1.165, 1.54) is 16.8 Å². The van der Waals surface area contributed by atoms with Gasteiger partial charge in [0.1, 0.15) is 10.6 Å². The molecule has 21 heavy (non-hydrogen) atoms. The number of aryl methyl sites for hydroxylation is 1. The van der Waals surface area contributed by atoms with Crippen molar-refractivity contribution in [3.63, 3.8) is 0 Å².